The number of aromatic nitrogens is 3. The summed E-state index contributed by atoms with van der Waals surface area (Å²) in [5, 5.41) is 0. The Hall–Kier alpha value is -3.48. The van der Waals surface area contributed by atoms with Crippen molar-refractivity contribution in [2.45, 2.75) is 39.0 Å². The fourth-order valence-corrected chi connectivity index (χ4v) is 4.33. The molecule has 0 radical (unpaired) electrons. The van der Waals surface area contributed by atoms with Crippen LogP contribution in [0.3, 0.4) is 0 Å². The molecule has 166 valence electrons. The Labute approximate surface area is 188 Å². The first-order chi connectivity index (χ1) is 15.4. The highest BCUT2D eigenvalue weighted by molar-refractivity contribution is 5.95. The molecule has 2 aromatic heterocycles. The van der Waals surface area contributed by atoms with E-state index in [9.17, 15) is 4.79 Å². The van der Waals surface area contributed by atoms with Gasteiger partial charge in [-0.3, -0.25) is 9.78 Å². The van der Waals surface area contributed by atoms with Crippen LogP contribution < -0.4 is 10.5 Å². The number of carbonyl (C=O) groups is 1. The zero-order chi connectivity index (χ0) is 22.7. The number of methoxy groups -OCH3 is 1. The summed E-state index contributed by atoms with van der Waals surface area (Å²) in [5.41, 5.74) is 11.3. The van der Waals surface area contributed by atoms with Gasteiger partial charge in [0.2, 0.25) is 5.95 Å². The smallest absolute Gasteiger partial charge is 0.257 e. The predicted octanol–water partition coefficient (Wildman–Crippen LogP) is 3.69. The van der Waals surface area contributed by atoms with Crippen molar-refractivity contribution in [3.05, 3.63) is 76.4 Å². The van der Waals surface area contributed by atoms with Crippen LogP contribution in [0.4, 0.5) is 5.95 Å². The fourth-order valence-electron chi connectivity index (χ4n) is 4.33. The van der Waals surface area contributed by atoms with E-state index in [4.69, 9.17) is 15.5 Å². The van der Waals surface area contributed by atoms with E-state index in [0.717, 1.165) is 42.9 Å². The largest absolute Gasteiger partial charge is 0.497 e. The minimum atomic E-state index is -0.0432. The van der Waals surface area contributed by atoms with Gasteiger partial charge in [-0.1, -0.05) is 12.1 Å². The van der Waals surface area contributed by atoms with E-state index >= 15 is 0 Å². The Morgan fingerprint density at radius 1 is 1.16 bits per heavy atom. The maximum absolute atomic E-state index is 13.1. The number of hydrogen-bond donors (Lipinski definition) is 1. The SMILES string of the molecule is COc1ccc(Cc2cc(C)nc([C@@H]3CCCN(C(=O)c4cnc(N)nc4C)C3)c2)cc1. The summed E-state index contributed by atoms with van der Waals surface area (Å²) in [6, 6.07) is 12.5. The van der Waals surface area contributed by atoms with Gasteiger partial charge in [0.1, 0.15) is 5.75 Å². The van der Waals surface area contributed by atoms with Crippen LogP contribution in [0.15, 0.2) is 42.6 Å². The monoisotopic (exact) mass is 431 g/mol. The summed E-state index contributed by atoms with van der Waals surface area (Å²) in [7, 11) is 1.67. The molecule has 3 aromatic rings. The molecule has 32 heavy (non-hydrogen) atoms. The average Bonchev–Trinajstić information content (AvgIpc) is 2.79. The Bertz CT molecular complexity index is 1110. The number of nitrogens with zero attached hydrogens (tertiary/aromatic N) is 4. The summed E-state index contributed by atoms with van der Waals surface area (Å²) in [6.07, 6.45) is 4.31. The van der Waals surface area contributed by atoms with E-state index in [1.807, 2.05) is 24.0 Å². The Kier molecular flexibility index (Phi) is 6.35. The van der Waals surface area contributed by atoms with Crippen LogP contribution in [0.25, 0.3) is 0 Å². The highest BCUT2D eigenvalue weighted by Crippen LogP contribution is 2.28. The first-order valence-corrected chi connectivity index (χ1v) is 10.9. The average molecular weight is 432 g/mol. The molecule has 0 bridgehead atoms. The zero-order valence-electron chi connectivity index (χ0n) is 18.8. The number of benzene rings is 1. The molecule has 1 aromatic carbocycles. The molecule has 7 heteroatoms. The first kappa shape index (κ1) is 21.7. The molecule has 2 N–H and O–H groups in total. The third-order valence-corrected chi connectivity index (χ3v) is 5.96. The van der Waals surface area contributed by atoms with Gasteiger partial charge in [-0.2, -0.15) is 0 Å². The van der Waals surface area contributed by atoms with Crippen LogP contribution in [0.2, 0.25) is 0 Å². The second-order valence-electron chi connectivity index (χ2n) is 8.38. The number of piperidine rings is 1. The molecule has 1 aliphatic rings. The molecule has 1 atom stereocenters. The number of nitrogen functional groups attached to an aromatic ring is 1. The number of anilines is 1. The molecule has 0 aliphatic carbocycles. The molecular weight excluding hydrogens is 402 g/mol. The molecule has 0 unspecified atom stereocenters. The lowest BCUT2D eigenvalue weighted by Crippen LogP contribution is -2.39. The van der Waals surface area contributed by atoms with E-state index in [2.05, 4.69) is 34.2 Å². The van der Waals surface area contributed by atoms with Crippen molar-refractivity contribution in [1.29, 1.82) is 0 Å². The maximum atomic E-state index is 13.1. The lowest BCUT2D eigenvalue weighted by molar-refractivity contribution is 0.0704. The summed E-state index contributed by atoms with van der Waals surface area (Å²) in [4.78, 5) is 28.0. The molecule has 0 saturated carbocycles. The number of nitrogens with two attached hydrogens (primary N) is 1. The topological polar surface area (TPSA) is 94.2 Å². The summed E-state index contributed by atoms with van der Waals surface area (Å²) in [5.74, 6) is 1.20. The van der Waals surface area contributed by atoms with Crippen LogP contribution in [0.5, 0.6) is 5.75 Å². The summed E-state index contributed by atoms with van der Waals surface area (Å²) >= 11 is 0. The molecule has 4 rings (SSSR count). The van der Waals surface area contributed by atoms with Crippen molar-refractivity contribution in [3.8, 4) is 5.75 Å². The normalized spacial score (nSPS) is 16.1. The number of ether oxygens (including phenoxy) is 1. The van der Waals surface area contributed by atoms with Crippen LogP contribution in [0, 0.1) is 13.8 Å². The summed E-state index contributed by atoms with van der Waals surface area (Å²) in [6.45, 7) is 5.19. The molecule has 7 nitrogen and oxygen atoms in total. The molecular formula is C25H29N5O2. The number of carbonyl (C=O) groups excluding carboxylic acids is 1. The van der Waals surface area contributed by atoms with Gasteiger partial charge in [0.25, 0.3) is 5.91 Å². The number of hydrogen-bond acceptors (Lipinski definition) is 6. The predicted molar refractivity (Wildman–Crippen MR) is 124 cm³/mol. The molecule has 1 saturated heterocycles. The van der Waals surface area contributed by atoms with Gasteiger partial charge in [-0.25, -0.2) is 9.97 Å². The van der Waals surface area contributed by atoms with Gasteiger partial charge < -0.3 is 15.4 Å². The second kappa shape index (κ2) is 9.34. The van der Waals surface area contributed by atoms with Crippen LogP contribution >= 0.6 is 0 Å². The van der Waals surface area contributed by atoms with Gasteiger partial charge in [0, 0.05) is 36.6 Å². The minimum Gasteiger partial charge on any atom is -0.497 e. The number of amides is 1. The van der Waals surface area contributed by atoms with Crippen molar-refractivity contribution < 1.29 is 9.53 Å². The molecule has 1 amide bonds. The van der Waals surface area contributed by atoms with Gasteiger partial charge in [-0.05, 0) is 68.5 Å². The van der Waals surface area contributed by atoms with Crippen LogP contribution in [-0.2, 0) is 6.42 Å². The van der Waals surface area contributed by atoms with Crippen molar-refractivity contribution in [3.63, 3.8) is 0 Å². The molecule has 3 heterocycles. The molecule has 1 aliphatic heterocycles. The van der Waals surface area contributed by atoms with Crippen molar-refractivity contribution in [2.75, 3.05) is 25.9 Å². The lowest BCUT2D eigenvalue weighted by atomic mass is 9.92. The number of pyridine rings is 1. The second-order valence-corrected chi connectivity index (χ2v) is 8.38. The van der Waals surface area contributed by atoms with Crippen LogP contribution in [-0.4, -0.2) is 46.0 Å². The number of aryl methyl sites for hydroxylation is 2. The van der Waals surface area contributed by atoms with Crippen molar-refractivity contribution in [1.82, 2.24) is 19.9 Å². The van der Waals surface area contributed by atoms with E-state index in [-0.39, 0.29) is 17.8 Å². The van der Waals surface area contributed by atoms with Crippen molar-refractivity contribution in [2.24, 2.45) is 0 Å². The highest BCUT2D eigenvalue weighted by Gasteiger charge is 2.28. The maximum Gasteiger partial charge on any atom is 0.257 e. The number of likely N-dealkylation sites (tertiary alicyclic amines) is 1. The Balaban J connectivity index is 1.51. The van der Waals surface area contributed by atoms with E-state index in [1.54, 1.807) is 14.0 Å². The van der Waals surface area contributed by atoms with E-state index in [1.165, 1.54) is 17.3 Å². The third-order valence-electron chi connectivity index (χ3n) is 5.96. The van der Waals surface area contributed by atoms with E-state index < -0.39 is 0 Å². The van der Waals surface area contributed by atoms with Gasteiger partial charge in [0.05, 0.1) is 18.4 Å². The minimum absolute atomic E-state index is 0.0432. The first-order valence-electron chi connectivity index (χ1n) is 10.9. The zero-order valence-corrected chi connectivity index (χ0v) is 18.8. The standard InChI is InChI=1S/C25H29N5O2/c1-16-11-19(12-18-6-8-21(32-3)9-7-18)13-23(28-16)20-5-4-10-30(15-20)24(31)22-14-27-25(26)29-17(22)2/h6-9,11,13-14,20H,4-5,10,12,15H2,1-3H3,(H2,26,27,29)/t20-/m1/s1. The Morgan fingerprint density at radius 3 is 2.66 bits per heavy atom. The molecule has 1 fully saturated rings. The van der Waals surface area contributed by atoms with Crippen LogP contribution in [0.1, 0.15) is 57.3 Å². The van der Waals surface area contributed by atoms with Gasteiger partial charge >= 0.3 is 0 Å². The van der Waals surface area contributed by atoms with E-state index in [0.29, 0.717) is 17.8 Å². The quantitative estimate of drug-likeness (QED) is 0.662. The highest BCUT2D eigenvalue weighted by atomic mass is 16.5. The van der Waals surface area contributed by atoms with Gasteiger partial charge in [0.15, 0.2) is 0 Å². The Morgan fingerprint density at radius 2 is 1.94 bits per heavy atom. The van der Waals surface area contributed by atoms with Crippen molar-refractivity contribution >= 4 is 11.9 Å². The fraction of sp³-hybridized carbons (Fsp3) is 0.360. The van der Waals surface area contributed by atoms with Gasteiger partial charge in [-0.15, -0.1) is 0 Å². The summed E-state index contributed by atoms with van der Waals surface area (Å²) < 4.78 is 5.26. The lowest BCUT2D eigenvalue weighted by Gasteiger charge is -2.33. The number of rotatable bonds is 5. The third kappa shape index (κ3) is 4.88. The molecule has 0 spiro atoms.